The number of rotatable bonds is 4. The van der Waals surface area contributed by atoms with Crippen molar-refractivity contribution < 1.29 is 13.9 Å². The second-order valence-electron chi connectivity index (χ2n) is 5.71. The molecule has 2 aliphatic heterocycles. The largest absolute Gasteiger partial charge is 0.490 e. The summed E-state index contributed by atoms with van der Waals surface area (Å²) in [6.45, 7) is 2.09. The highest BCUT2D eigenvalue weighted by atomic mass is 19.1. The lowest BCUT2D eigenvalue weighted by atomic mass is 10.1. The third kappa shape index (κ3) is 3.18. The third-order valence-electron chi connectivity index (χ3n) is 4.35. The Hall–Kier alpha value is -1.62. The lowest BCUT2D eigenvalue weighted by Gasteiger charge is -2.28. The van der Waals surface area contributed by atoms with Crippen molar-refractivity contribution in [2.24, 2.45) is 0 Å². The first kappa shape index (κ1) is 14.3. The van der Waals surface area contributed by atoms with Gasteiger partial charge in [-0.15, -0.1) is 0 Å². The maximum absolute atomic E-state index is 13.4. The first-order chi connectivity index (χ1) is 10.3. The van der Waals surface area contributed by atoms with Crippen molar-refractivity contribution in [3.8, 4) is 5.75 Å². The van der Waals surface area contributed by atoms with Gasteiger partial charge < -0.3 is 15.0 Å². The van der Waals surface area contributed by atoms with E-state index in [1.807, 2.05) is 4.90 Å². The number of hydrogen-bond acceptors (Lipinski definition) is 3. The molecule has 2 aliphatic rings. The number of fused-ring (bicyclic) bond motifs is 2. The zero-order chi connectivity index (χ0) is 14.7. The van der Waals surface area contributed by atoms with Gasteiger partial charge in [-0.1, -0.05) is 12.1 Å². The van der Waals surface area contributed by atoms with Gasteiger partial charge in [0.2, 0.25) is 5.91 Å². The Kier molecular flexibility index (Phi) is 4.39. The topological polar surface area (TPSA) is 41.6 Å². The zero-order valence-electron chi connectivity index (χ0n) is 12.1. The molecule has 0 aliphatic carbocycles. The van der Waals surface area contributed by atoms with E-state index in [4.69, 9.17) is 4.74 Å². The minimum atomic E-state index is -0.385. The molecule has 3 rings (SSSR count). The predicted molar refractivity (Wildman–Crippen MR) is 77.7 cm³/mol. The lowest BCUT2D eigenvalue weighted by molar-refractivity contribution is -0.134. The number of ether oxygens (including phenoxy) is 1. The number of nitrogens with one attached hydrogen (secondary N) is 1. The molecule has 2 bridgehead atoms. The average Bonchev–Trinajstić information content (AvgIpc) is 2.74. The van der Waals surface area contributed by atoms with Crippen molar-refractivity contribution in [3.05, 3.63) is 30.1 Å². The number of para-hydroxylation sites is 1. The molecule has 21 heavy (non-hydrogen) atoms. The van der Waals surface area contributed by atoms with Gasteiger partial charge in [0.1, 0.15) is 0 Å². The molecule has 1 N–H and O–H groups in total. The molecule has 1 aromatic rings. The molecule has 0 spiro atoms. The normalized spacial score (nSPS) is 24.7. The van der Waals surface area contributed by atoms with E-state index in [1.54, 1.807) is 18.2 Å². The second kappa shape index (κ2) is 6.43. The van der Waals surface area contributed by atoms with Crippen LogP contribution in [0.2, 0.25) is 0 Å². The molecule has 2 saturated heterocycles. The van der Waals surface area contributed by atoms with Crippen molar-refractivity contribution in [2.75, 3.05) is 19.7 Å². The van der Waals surface area contributed by atoms with Crippen molar-refractivity contribution >= 4 is 5.91 Å². The molecule has 2 atom stereocenters. The van der Waals surface area contributed by atoms with E-state index in [0.717, 1.165) is 32.4 Å². The predicted octanol–water partition coefficient (Wildman–Crippen LogP) is 1.95. The fourth-order valence-corrected chi connectivity index (χ4v) is 3.33. The Bertz CT molecular complexity index is 495. The SMILES string of the molecule is O=C(CCOc1ccccc1F)N1C2CCNCC1CC2. The quantitative estimate of drug-likeness (QED) is 0.922. The smallest absolute Gasteiger partial charge is 0.226 e. The summed E-state index contributed by atoms with van der Waals surface area (Å²) in [5.41, 5.74) is 0. The van der Waals surface area contributed by atoms with E-state index < -0.39 is 0 Å². The second-order valence-corrected chi connectivity index (χ2v) is 5.71. The summed E-state index contributed by atoms with van der Waals surface area (Å²) >= 11 is 0. The van der Waals surface area contributed by atoms with E-state index in [0.29, 0.717) is 18.5 Å². The molecule has 2 unspecified atom stereocenters. The summed E-state index contributed by atoms with van der Waals surface area (Å²) in [5.74, 6) is -0.0441. The number of carbonyl (C=O) groups excluding carboxylic acids is 1. The van der Waals surface area contributed by atoms with E-state index in [1.165, 1.54) is 6.07 Å². The summed E-state index contributed by atoms with van der Waals surface area (Å²) < 4.78 is 18.8. The van der Waals surface area contributed by atoms with Crippen LogP contribution in [0.1, 0.15) is 25.7 Å². The van der Waals surface area contributed by atoms with Crippen LogP contribution in [-0.4, -0.2) is 42.6 Å². The van der Waals surface area contributed by atoms with Crippen molar-refractivity contribution in [3.63, 3.8) is 0 Å². The zero-order valence-corrected chi connectivity index (χ0v) is 12.1. The summed E-state index contributed by atoms with van der Waals surface area (Å²) in [4.78, 5) is 14.4. The Morgan fingerprint density at radius 2 is 2.10 bits per heavy atom. The van der Waals surface area contributed by atoms with Gasteiger partial charge in [-0.2, -0.15) is 0 Å². The highest BCUT2D eigenvalue weighted by Gasteiger charge is 2.37. The standard InChI is InChI=1S/C16H21FN2O2/c17-14-3-1-2-4-15(14)21-10-8-16(20)19-12-5-6-13(19)11-18-9-7-12/h1-4,12-13,18H,5-11H2. The number of benzene rings is 1. The molecular weight excluding hydrogens is 271 g/mol. The van der Waals surface area contributed by atoms with E-state index in [-0.39, 0.29) is 24.1 Å². The van der Waals surface area contributed by atoms with Crippen LogP contribution in [0.15, 0.2) is 24.3 Å². The average molecular weight is 292 g/mol. The van der Waals surface area contributed by atoms with E-state index >= 15 is 0 Å². The number of nitrogens with zero attached hydrogens (tertiary/aromatic N) is 1. The van der Waals surface area contributed by atoms with E-state index in [2.05, 4.69) is 5.32 Å². The van der Waals surface area contributed by atoms with Gasteiger partial charge in [-0.3, -0.25) is 4.79 Å². The fraction of sp³-hybridized carbons (Fsp3) is 0.562. The molecule has 0 saturated carbocycles. The molecule has 4 nitrogen and oxygen atoms in total. The fourth-order valence-electron chi connectivity index (χ4n) is 3.33. The maximum Gasteiger partial charge on any atom is 0.226 e. The Labute approximate surface area is 124 Å². The molecule has 114 valence electrons. The van der Waals surface area contributed by atoms with Crippen LogP contribution in [0.25, 0.3) is 0 Å². The van der Waals surface area contributed by atoms with Gasteiger partial charge in [0.15, 0.2) is 11.6 Å². The first-order valence-electron chi connectivity index (χ1n) is 7.65. The van der Waals surface area contributed by atoms with Crippen LogP contribution in [0, 0.1) is 5.82 Å². The molecule has 1 amide bonds. The lowest BCUT2D eigenvalue weighted by Crippen LogP contribution is -2.42. The summed E-state index contributed by atoms with van der Waals surface area (Å²) in [5, 5.41) is 3.38. The van der Waals surface area contributed by atoms with Crippen LogP contribution in [0.5, 0.6) is 5.75 Å². The maximum atomic E-state index is 13.4. The first-order valence-corrected chi connectivity index (χ1v) is 7.65. The highest BCUT2D eigenvalue weighted by molar-refractivity contribution is 5.77. The van der Waals surface area contributed by atoms with Crippen LogP contribution in [0.4, 0.5) is 4.39 Å². The summed E-state index contributed by atoms with van der Waals surface area (Å²) in [7, 11) is 0. The summed E-state index contributed by atoms with van der Waals surface area (Å²) in [6.07, 6.45) is 3.52. The van der Waals surface area contributed by atoms with Gasteiger partial charge in [0, 0.05) is 18.6 Å². The number of halogens is 1. The monoisotopic (exact) mass is 292 g/mol. The van der Waals surface area contributed by atoms with Gasteiger partial charge in [0.25, 0.3) is 0 Å². The molecular formula is C16H21FN2O2. The van der Waals surface area contributed by atoms with Crippen molar-refractivity contribution in [2.45, 2.75) is 37.8 Å². The molecule has 1 aromatic carbocycles. The molecule has 2 fully saturated rings. The molecule has 0 aromatic heterocycles. The van der Waals surface area contributed by atoms with Crippen LogP contribution in [-0.2, 0) is 4.79 Å². The molecule has 2 heterocycles. The number of amides is 1. The van der Waals surface area contributed by atoms with Crippen molar-refractivity contribution in [1.82, 2.24) is 10.2 Å². The van der Waals surface area contributed by atoms with Crippen LogP contribution >= 0.6 is 0 Å². The third-order valence-corrected chi connectivity index (χ3v) is 4.35. The van der Waals surface area contributed by atoms with Gasteiger partial charge in [-0.05, 0) is 37.9 Å². The highest BCUT2D eigenvalue weighted by Crippen LogP contribution is 2.28. The van der Waals surface area contributed by atoms with Crippen molar-refractivity contribution in [1.29, 1.82) is 0 Å². The molecule has 5 heteroatoms. The minimum Gasteiger partial charge on any atom is -0.490 e. The molecule has 0 radical (unpaired) electrons. The van der Waals surface area contributed by atoms with Gasteiger partial charge in [-0.25, -0.2) is 4.39 Å². The van der Waals surface area contributed by atoms with Crippen LogP contribution < -0.4 is 10.1 Å². The van der Waals surface area contributed by atoms with Gasteiger partial charge in [0.05, 0.1) is 13.0 Å². The van der Waals surface area contributed by atoms with Crippen LogP contribution in [0.3, 0.4) is 0 Å². The Balaban J connectivity index is 1.53. The Morgan fingerprint density at radius 1 is 1.29 bits per heavy atom. The minimum absolute atomic E-state index is 0.127. The van der Waals surface area contributed by atoms with Gasteiger partial charge >= 0.3 is 0 Å². The number of carbonyl (C=O) groups is 1. The summed E-state index contributed by atoms with van der Waals surface area (Å²) in [6, 6.07) is 6.97. The van der Waals surface area contributed by atoms with E-state index in [9.17, 15) is 9.18 Å². The Morgan fingerprint density at radius 3 is 2.95 bits per heavy atom. The number of hydrogen-bond donors (Lipinski definition) is 1.